The van der Waals surface area contributed by atoms with Crippen LogP contribution in [-0.4, -0.2) is 5.60 Å². The van der Waals surface area contributed by atoms with E-state index in [-0.39, 0.29) is 37.5 Å². The fraction of sp³-hybridized carbons (Fsp3) is 0.429. The van der Waals surface area contributed by atoms with Crippen molar-refractivity contribution in [3.63, 3.8) is 0 Å². The second-order valence-electron chi connectivity index (χ2n) is 11.8. The Hall–Kier alpha value is -2.63. The van der Waals surface area contributed by atoms with Crippen LogP contribution in [-0.2, 0) is 59.9 Å². The second-order valence-corrected chi connectivity index (χ2v) is 11.8. The molecule has 1 aromatic rings. The summed E-state index contributed by atoms with van der Waals surface area (Å²) in [5.41, 5.74) is 3.75. The van der Waals surface area contributed by atoms with E-state index in [0.717, 1.165) is 23.5 Å². The molecule has 0 spiro atoms. The molecular formula is C35H34O6W. The van der Waals surface area contributed by atoms with E-state index in [1.807, 2.05) is 0 Å². The normalized spacial score (nSPS) is 28.3. The maximum Gasteiger partial charge on any atom is 0 e. The molecule has 0 amide bonds. The van der Waals surface area contributed by atoms with Crippen LogP contribution in [0, 0.1) is 57.4 Å². The van der Waals surface area contributed by atoms with Gasteiger partial charge in [0, 0.05) is 33.1 Å². The Balaban J connectivity index is 0.00000139. The molecule has 4 saturated carbocycles. The van der Waals surface area contributed by atoms with E-state index >= 15 is 0 Å². The summed E-state index contributed by atoms with van der Waals surface area (Å²) in [4.78, 5) is 0. The van der Waals surface area contributed by atoms with E-state index in [1.165, 1.54) is 55.2 Å². The van der Waals surface area contributed by atoms with E-state index in [9.17, 15) is 0 Å². The molecule has 0 aromatic heterocycles. The Kier molecular flexibility index (Phi) is 17.0. The quantitative estimate of drug-likeness (QED) is 0.241. The molecule has 4 bridgehead atoms. The first-order valence-corrected chi connectivity index (χ1v) is 13.2. The van der Waals surface area contributed by atoms with Gasteiger partial charge in [-0.15, -0.1) is 0 Å². The molecule has 0 aliphatic heterocycles. The van der Waals surface area contributed by atoms with Crippen LogP contribution in [0.5, 0.6) is 0 Å². The summed E-state index contributed by atoms with van der Waals surface area (Å²) in [5, 5.41) is 0. The van der Waals surface area contributed by atoms with Crippen molar-refractivity contribution < 1.29 is 49.1 Å². The van der Waals surface area contributed by atoms with E-state index in [2.05, 4.69) is 121 Å². The van der Waals surface area contributed by atoms with E-state index in [4.69, 9.17) is 28.0 Å². The van der Waals surface area contributed by atoms with Crippen LogP contribution in [0.3, 0.4) is 0 Å². The van der Waals surface area contributed by atoms with Gasteiger partial charge in [0.15, 0.2) is 0 Å². The van der Waals surface area contributed by atoms with Gasteiger partial charge < -0.3 is 4.74 Å². The smallest absolute Gasteiger partial charge is 0 e. The van der Waals surface area contributed by atoms with Crippen LogP contribution < -0.4 is 0 Å². The molecule has 7 rings (SSSR count). The average Bonchev–Trinajstić information content (AvgIpc) is 3.19. The van der Waals surface area contributed by atoms with Crippen molar-refractivity contribution >= 4 is 0 Å². The van der Waals surface area contributed by atoms with Crippen molar-refractivity contribution in [2.75, 3.05) is 0 Å². The number of rotatable bonds is 3. The number of fused-ring (bicyclic) bond motifs is 1. The standard InChI is InChI=1S/C30H34O.5CO.W/c1-28(2,3)24-8-10-25(11-9-24)30-13-6-4-5-7-26(30)27(12-14-30)31-29-18-21-15-22(19-29)17-23(16-21)20-29;5*1-2;/h4-13,21-23H,15-20H2,1-3H3;;;;;;. The number of benzene rings is 1. The van der Waals surface area contributed by atoms with Gasteiger partial charge in [0.25, 0.3) is 0 Å². The molecule has 6 aliphatic rings. The molecule has 1 atom stereocenters. The third-order valence-corrected chi connectivity index (χ3v) is 8.47. The monoisotopic (exact) mass is 734 g/mol. The Bertz CT molecular complexity index is 1160. The maximum absolute atomic E-state index is 7.50. The Morgan fingerprint density at radius 1 is 0.738 bits per heavy atom. The van der Waals surface area contributed by atoms with Gasteiger partial charge in [-0.25, -0.2) is 0 Å². The maximum atomic E-state index is 7.50. The minimum Gasteiger partial charge on any atom is 0 e. The molecule has 6 nitrogen and oxygen atoms in total. The largest absolute Gasteiger partial charge is 0 e. The van der Waals surface area contributed by atoms with Crippen LogP contribution in [0.1, 0.15) is 70.4 Å². The SMILES string of the molecule is CC(C)(C)c1ccc(C23[C]C=C(OC45CC6CC(CC(C6)C4)C5)C2=CC=CC=C3)cc1.[C-]#[O+].[C-]#[O+].[C-]#[O+].[C-]#[O+].[C-]#[O+].[W]. The van der Waals surface area contributed by atoms with E-state index < -0.39 is 0 Å². The molecule has 0 saturated heterocycles. The van der Waals surface area contributed by atoms with Gasteiger partial charge in [0.1, 0.15) is 11.4 Å². The third kappa shape index (κ3) is 8.47. The topological polar surface area (TPSA) is 109 Å². The second kappa shape index (κ2) is 18.1. The zero-order chi connectivity index (χ0) is 31.3. The van der Waals surface area contributed by atoms with Crippen LogP contribution >= 0.6 is 0 Å². The van der Waals surface area contributed by atoms with Gasteiger partial charge >= 0.3 is 56.5 Å². The molecule has 1 unspecified atom stereocenters. The minimum absolute atomic E-state index is 0. The molecular weight excluding hydrogens is 700 g/mol. The zero-order valence-electron chi connectivity index (χ0n) is 24.1. The Labute approximate surface area is 264 Å². The Morgan fingerprint density at radius 2 is 1.21 bits per heavy atom. The number of hydrogen-bond donors (Lipinski definition) is 0. The Morgan fingerprint density at radius 3 is 1.67 bits per heavy atom. The van der Waals surface area contributed by atoms with E-state index in [0.29, 0.717) is 0 Å². The van der Waals surface area contributed by atoms with Crippen LogP contribution in [0.2, 0.25) is 0 Å². The summed E-state index contributed by atoms with van der Waals surface area (Å²) in [6.07, 6.45) is 25.0. The molecule has 1 aromatic carbocycles. The van der Waals surface area contributed by atoms with Gasteiger partial charge in [-0.2, -0.15) is 0 Å². The van der Waals surface area contributed by atoms with Crippen molar-refractivity contribution in [1.82, 2.24) is 0 Å². The fourth-order valence-electron chi connectivity index (χ4n) is 7.34. The number of ether oxygens (including phenoxy) is 1. The van der Waals surface area contributed by atoms with Gasteiger partial charge in [-0.3, -0.25) is 0 Å². The van der Waals surface area contributed by atoms with Crippen molar-refractivity contribution in [2.24, 2.45) is 17.8 Å². The van der Waals surface area contributed by atoms with Crippen molar-refractivity contribution in [3.8, 4) is 0 Å². The van der Waals surface area contributed by atoms with Crippen LogP contribution in [0.4, 0.5) is 0 Å². The summed E-state index contributed by atoms with van der Waals surface area (Å²) in [6, 6.07) is 9.15. The molecule has 0 heterocycles. The van der Waals surface area contributed by atoms with Crippen molar-refractivity contribution in [2.45, 2.75) is 75.7 Å². The van der Waals surface area contributed by atoms with Crippen LogP contribution in [0.25, 0.3) is 0 Å². The molecule has 0 N–H and O–H groups in total. The zero-order valence-corrected chi connectivity index (χ0v) is 27.0. The van der Waals surface area contributed by atoms with E-state index in [1.54, 1.807) is 0 Å². The summed E-state index contributed by atoms with van der Waals surface area (Å²) in [6.45, 7) is 29.3. The minimum atomic E-state index is -0.350. The molecule has 4 fully saturated rings. The van der Waals surface area contributed by atoms with Crippen LogP contribution in [0.15, 0.2) is 72.1 Å². The summed E-state index contributed by atoms with van der Waals surface area (Å²) < 4.78 is 44.5. The van der Waals surface area contributed by atoms with Gasteiger partial charge in [-0.05, 0) is 78.9 Å². The summed E-state index contributed by atoms with van der Waals surface area (Å²) >= 11 is 0. The third-order valence-electron chi connectivity index (χ3n) is 8.47. The fourth-order valence-corrected chi connectivity index (χ4v) is 7.34. The molecule has 6 aliphatic carbocycles. The first-order valence-electron chi connectivity index (χ1n) is 13.2. The van der Waals surface area contributed by atoms with Gasteiger partial charge in [0.2, 0.25) is 0 Å². The van der Waals surface area contributed by atoms with Crippen molar-refractivity contribution in [3.05, 3.63) is 123 Å². The van der Waals surface area contributed by atoms with Gasteiger partial charge in [0.05, 0.1) is 5.41 Å². The average molecular weight is 734 g/mol. The number of hydrogen-bond acceptors (Lipinski definition) is 1. The molecule has 42 heavy (non-hydrogen) atoms. The molecule has 216 valence electrons. The predicted molar refractivity (Wildman–Crippen MR) is 146 cm³/mol. The first kappa shape index (κ1) is 39.4. The first-order chi connectivity index (χ1) is 19.9. The summed E-state index contributed by atoms with van der Waals surface area (Å²) in [5.74, 6) is 3.72. The predicted octanol–water partition coefficient (Wildman–Crippen LogP) is 7.05. The molecule has 7 heteroatoms. The van der Waals surface area contributed by atoms with Gasteiger partial charge in [-0.1, -0.05) is 75.4 Å². The summed E-state index contributed by atoms with van der Waals surface area (Å²) in [7, 11) is 0. The number of allylic oxidation sites excluding steroid dienone is 7. The van der Waals surface area contributed by atoms with Crippen molar-refractivity contribution in [1.29, 1.82) is 0 Å². The molecule has 2 radical (unpaired) electrons.